The summed E-state index contributed by atoms with van der Waals surface area (Å²) in [6.07, 6.45) is 1.94. The maximum atomic E-state index is 13.4. The van der Waals surface area contributed by atoms with Gasteiger partial charge in [-0.1, -0.05) is 6.92 Å². The second-order valence-corrected chi connectivity index (χ2v) is 3.64. The molecule has 0 unspecified atom stereocenters. The van der Waals surface area contributed by atoms with E-state index in [0.29, 0.717) is 23.3 Å². The Labute approximate surface area is 105 Å². The highest BCUT2D eigenvalue weighted by molar-refractivity contribution is 6.23. The maximum absolute atomic E-state index is 13.4. The molecule has 0 aliphatic heterocycles. The lowest BCUT2D eigenvalue weighted by atomic mass is 9.98. The minimum absolute atomic E-state index is 0.115. The number of nitrogens with zero attached hydrogens (tertiary/aromatic N) is 1. The summed E-state index contributed by atoms with van der Waals surface area (Å²) in [6, 6.07) is 3.59. The molecule has 4 nitrogen and oxygen atoms in total. The number of aliphatic imine (C=N–C) groups is 1. The molecule has 0 spiro atoms. The van der Waals surface area contributed by atoms with Crippen molar-refractivity contribution in [3.05, 3.63) is 41.3 Å². The van der Waals surface area contributed by atoms with Crippen LogP contribution in [0.4, 0.5) is 4.39 Å². The summed E-state index contributed by atoms with van der Waals surface area (Å²) >= 11 is 0. The Morgan fingerprint density at radius 2 is 2.06 bits per heavy atom. The number of halogens is 1. The van der Waals surface area contributed by atoms with Gasteiger partial charge in [0.05, 0.1) is 5.56 Å². The van der Waals surface area contributed by atoms with E-state index in [1.807, 2.05) is 6.92 Å². The van der Waals surface area contributed by atoms with Gasteiger partial charge in [0.2, 0.25) is 0 Å². The molecule has 1 aromatic rings. The molecule has 0 radical (unpaired) electrons. The quantitative estimate of drug-likeness (QED) is 0.805. The first-order valence-electron chi connectivity index (χ1n) is 5.45. The van der Waals surface area contributed by atoms with Gasteiger partial charge >= 0.3 is 5.97 Å². The zero-order chi connectivity index (χ0) is 13.7. The Morgan fingerprint density at radius 3 is 2.50 bits per heavy atom. The van der Waals surface area contributed by atoms with E-state index in [2.05, 4.69) is 4.99 Å². The largest absolute Gasteiger partial charge is 0.478 e. The number of nitrogens with two attached hydrogens (primary N) is 1. The SMILES string of the molecule is CCC(=NC)/C(=C\N)c1cc(F)cc(C(=O)O)c1. The molecule has 18 heavy (non-hydrogen) atoms. The second kappa shape index (κ2) is 5.95. The van der Waals surface area contributed by atoms with Crippen molar-refractivity contribution in [2.24, 2.45) is 10.7 Å². The molecule has 96 valence electrons. The predicted octanol–water partition coefficient (Wildman–Crippen LogP) is 2.30. The normalized spacial score (nSPS) is 12.6. The van der Waals surface area contributed by atoms with E-state index in [1.54, 1.807) is 7.05 Å². The molecule has 0 aromatic heterocycles. The number of carboxylic acids is 1. The van der Waals surface area contributed by atoms with Crippen molar-refractivity contribution >= 4 is 17.3 Å². The van der Waals surface area contributed by atoms with Crippen LogP contribution in [0.5, 0.6) is 0 Å². The molecule has 0 heterocycles. The number of benzene rings is 1. The molecule has 5 heteroatoms. The van der Waals surface area contributed by atoms with Crippen LogP contribution in [0.1, 0.15) is 29.3 Å². The Bertz CT molecular complexity index is 522. The molecule has 0 saturated carbocycles. The Balaban J connectivity index is 3.35. The van der Waals surface area contributed by atoms with Crippen molar-refractivity contribution in [2.75, 3.05) is 7.05 Å². The first-order valence-corrected chi connectivity index (χ1v) is 5.45. The number of rotatable bonds is 4. The predicted molar refractivity (Wildman–Crippen MR) is 69.2 cm³/mol. The van der Waals surface area contributed by atoms with Crippen LogP contribution in [0.15, 0.2) is 29.4 Å². The molecule has 0 amide bonds. The maximum Gasteiger partial charge on any atom is 0.335 e. The highest BCUT2D eigenvalue weighted by Crippen LogP contribution is 2.20. The standard InChI is InChI=1S/C13H15FN2O2/c1-3-12(16-2)11(7-15)8-4-9(13(17)18)6-10(14)5-8/h4-7H,3,15H2,1-2H3,(H,17,18)/b11-7-,16-12?. The van der Waals surface area contributed by atoms with Gasteiger partial charge in [0, 0.05) is 24.5 Å². The van der Waals surface area contributed by atoms with Crippen molar-refractivity contribution in [1.82, 2.24) is 0 Å². The van der Waals surface area contributed by atoms with Crippen LogP contribution in [-0.4, -0.2) is 23.8 Å². The van der Waals surface area contributed by atoms with Gasteiger partial charge in [0.1, 0.15) is 5.82 Å². The number of allylic oxidation sites excluding steroid dienone is 1. The monoisotopic (exact) mass is 250 g/mol. The molecule has 3 N–H and O–H groups in total. The Hall–Kier alpha value is -2.17. The summed E-state index contributed by atoms with van der Waals surface area (Å²) in [6.45, 7) is 1.89. The van der Waals surface area contributed by atoms with E-state index in [0.717, 1.165) is 6.07 Å². The molecule has 0 fully saturated rings. The fourth-order valence-electron chi connectivity index (χ4n) is 1.70. The highest BCUT2D eigenvalue weighted by atomic mass is 19.1. The second-order valence-electron chi connectivity index (χ2n) is 3.64. The third kappa shape index (κ3) is 2.94. The van der Waals surface area contributed by atoms with Crippen LogP contribution in [0.25, 0.3) is 5.57 Å². The molecule has 1 rings (SSSR count). The van der Waals surface area contributed by atoms with E-state index in [4.69, 9.17) is 10.8 Å². The van der Waals surface area contributed by atoms with Gasteiger partial charge in [-0.15, -0.1) is 0 Å². The van der Waals surface area contributed by atoms with Gasteiger partial charge in [-0.25, -0.2) is 9.18 Å². The van der Waals surface area contributed by atoms with E-state index in [-0.39, 0.29) is 5.56 Å². The van der Waals surface area contributed by atoms with E-state index in [9.17, 15) is 9.18 Å². The number of hydrogen-bond acceptors (Lipinski definition) is 3. The van der Waals surface area contributed by atoms with E-state index < -0.39 is 11.8 Å². The fraction of sp³-hybridized carbons (Fsp3) is 0.231. The molecule has 0 aliphatic carbocycles. The first-order chi connectivity index (χ1) is 8.53. The Morgan fingerprint density at radius 1 is 1.44 bits per heavy atom. The molecular weight excluding hydrogens is 235 g/mol. The average Bonchev–Trinajstić information content (AvgIpc) is 2.34. The number of aromatic carboxylic acids is 1. The highest BCUT2D eigenvalue weighted by Gasteiger charge is 2.12. The van der Waals surface area contributed by atoms with Crippen molar-refractivity contribution in [2.45, 2.75) is 13.3 Å². The van der Waals surface area contributed by atoms with Gasteiger partial charge in [-0.3, -0.25) is 4.99 Å². The average molecular weight is 250 g/mol. The molecule has 0 bridgehead atoms. The van der Waals surface area contributed by atoms with Gasteiger partial charge in [0.15, 0.2) is 0 Å². The number of carbonyl (C=O) groups is 1. The first kappa shape index (κ1) is 13.9. The minimum Gasteiger partial charge on any atom is -0.478 e. The zero-order valence-electron chi connectivity index (χ0n) is 10.3. The summed E-state index contributed by atoms with van der Waals surface area (Å²) in [7, 11) is 1.61. The van der Waals surface area contributed by atoms with Crippen LogP contribution in [-0.2, 0) is 0 Å². The number of hydrogen-bond donors (Lipinski definition) is 2. The number of carboxylic acid groups (broad SMARTS) is 1. The molecule has 0 saturated heterocycles. The Kier molecular flexibility index (Phi) is 4.59. The summed E-state index contributed by atoms with van der Waals surface area (Å²) in [5.74, 6) is -1.80. The van der Waals surface area contributed by atoms with Crippen LogP contribution >= 0.6 is 0 Å². The smallest absolute Gasteiger partial charge is 0.335 e. The zero-order valence-corrected chi connectivity index (χ0v) is 10.3. The van der Waals surface area contributed by atoms with Gasteiger partial charge in [-0.05, 0) is 30.2 Å². The van der Waals surface area contributed by atoms with Crippen molar-refractivity contribution < 1.29 is 14.3 Å². The van der Waals surface area contributed by atoms with Crippen molar-refractivity contribution in [3.8, 4) is 0 Å². The van der Waals surface area contributed by atoms with Crippen LogP contribution in [0.2, 0.25) is 0 Å². The summed E-state index contributed by atoms with van der Waals surface area (Å²) in [5.41, 5.74) is 7.06. The summed E-state index contributed by atoms with van der Waals surface area (Å²) in [4.78, 5) is 14.9. The van der Waals surface area contributed by atoms with Crippen LogP contribution in [0.3, 0.4) is 0 Å². The summed E-state index contributed by atoms with van der Waals surface area (Å²) < 4.78 is 13.4. The van der Waals surface area contributed by atoms with Gasteiger partial charge < -0.3 is 10.8 Å². The fourth-order valence-corrected chi connectivity index (χ4v) is 1.70. The van der Waals surface area contributed by atoms with E-state index >= 15 is 0 Å². The van der Waals surface area contributed by atoms with Crippen molar-refractivity contribution in [3.63, 3.8) is 0 Å². The van der Waals surface area contributed by atoms with Gasteiger partial charge in [0.25, 0.3) is 0 Å². The van der Waals surface area contributed by atoms with Crippen LogP contribution in [0, 0.1) is 5.82 Å². The lowest BCUT2D eigenvalue weighted by Crippen LogP contribution is -2.06. The molecule has 0 aliphatic rings. The molecule has 1 aromatic carbocycles. The van der Waals surface area contributed by atoms with Gasteiger partial charge in [-0.2, -0.15) is 0 Å². The third-order valence-electron chi connectivity index (χ3n) is 2.54. The van der Waals surface area contributed by atoms with E-state index in [1.165, 1.54) is 18.3 Å². The topological polar surface area (TPSA) is 75.7 Å². The summed E-state index contributed by atoms with van der Waals surface area (Å²) in [5, 5.41) is 8.89. The third-order valence-corrected chi connectivity index (χ3v) is 2.54. The van der Waals surface area contributed by atoms with Crippen molar-refractivity contribution in [1.29, 1.82) is 0 Å². The van der Waals surface area contributed by atoms with Crippen LogP contribution < -0.4 is 5.73 Å². The minimum atomic E-state index is -1.18. The lowest BCUT2D eigenvalue weighted by molar-refractivity contribution is 0.0696. The molecular formula is C13H15FN2O2. The lowest BCUT2D eigenvalue weighted by Gasteiger charge is -2.09. The molecule has 0 atom stereocenters.